The van der Waals surface area contributed by atoms with Crippen molar-refractivity contribution in [2.24, 2.45) is 0 Å². The summed E-state index contributed by atoms with van der Waals surface area (Å²) in [5.74, 6) is 0. The lowest BCUT2D eigenvalue weighted by Crippen LogP contribution is -2.10. The Hall–Kier alpha value is -11.2. The van der Waals surface area contributed by atoms with Crippen molar-refractivity contribution < 1.29 is 26.5 Å². The maximum absolute atomic E-state index is 6.79. The summed E-state index contributed by atoms with van der Waals surface area (Å²) in [6, 6.07) is 84.9. The summed E-state index contributed by atoms with van der Waals surface area (Å²) in [5, 5.41) is 16.9. The van der Waals surface area contributed by atoms with Gasteiger partial charge >= 0.3 is 0 Å². The third kappa shape index (κ3) is 6.25. The van der Waals surface area contributed by atoms with Gasteiger partial charge < -0.3 is 36.3 Å². The van der Waals surface area contributed by atoms with Crippen LogP contribution < -0.4 is 9.80 Å². The minimum absolute atomic E-state index is 0.764. The van der Waals surface area contributed by atoms with Crippen molar-refractivity contribution >= 4 is 187 Å². The molecule has 13 aromatic carbocycles. The van der Waals surface area contributed by atoms with Crippen LogP contribution in [0.5, 0.6) is 0 Å². The standard InChI is InChI=1S/C74H40N2O6/c1-7-21-65-49(11-1)53-15-9-17-61(73(53)81-65)75(47-27-29-67-57(37-47)51-13-3-5-19-63(51)77-67)45-25-23-41-33-55-59-39-60-56-34-42-24-26-46(32-44(42)36-70(56)80-72(60)40-71(59)79-69(55)35-43(41)31-45)76(48-28-30-68-58(38-48)52-14-4-6-20-64(52)78-68)62-18-10-16-54-50-12-2-8-22-66(50)82-74(54)62/h1-40H. The molecule has 0 amide bonds. The van der Waals surface area contributed by atoms with E-state index in [9.17, 15) is 0 Å². The highest BCUT2D eigenvalue weighted by molar-refractivity contribution is 6.20. The Morgan fingerprint density at radius 2 is 0.512 bits per heavy atom. The average Bonchev–Trinajstić information content (AvgIpc) is 4.46. The van der Waals surface area contributed by atoms with E-state index < -0.39 is 0 Å². The molecule has 0 atom stereocenters. The molecule has 8 nitrogen and oxygen atoms in total. The number of hydrogen-bond acceptors (Lipinski definition) is 8. The van der Waals surface area contributed by atoms with Crippen LogP contribution in [0.15, 0.2) is 269 Å². The molecule has 6 aromatic heterocycles. The summed E-state index contributed by atoms with van der Waals surface area (Å²) in [5.41, 5.74) is 15.6. The predicted octanol–water partition coefficient (Wildman–Crippen LogP) is 22.3. The van der Waals surface area contributed by atoms with Crippen molar-refractivity contribution in [1.29, 1.82) is 0 Å². The van der Waals surface area contributed by atoms with Crippen LogP contribution in [0.2, 0.25) is 0 Å². The molecule has 0 radical (unpaired) electrons. The van der Waals surface area contributed by atoms with Gasteiger partial charge in [-0.05, 0) is 149 Å². The second-order valence-electron chi connectivity index (χ2n) is 21.5. The summed E-state index contributed by atoms with van der Waals surface area (Å²) < 4.78 is 39.6. The highest BCUT2D eigenvalue weighted by atomic mass is 16.4. The number of furan rings is 6. The molecule has 0 fully saturated rings. The van der Waals surface area contributed by atoms with Crippen molar-refractivity contribution in [3.05, 3.63) is 243 Å². The Balaban J connectivity index is 0.735. The average molecular weight is 1050 g/mol. The van der Waals surface area contributed by atoms with Crippen molar-refractivity contribution in [3.8, 4) is 0 Å². The van der Waals surface area contributed by atoms with Crippen molar-refractivity contribution in [2.75, 3.05) is 9.80 Å². The largest absolute Gasteiger partial charge is 0.456 e. The molecule has 0 saturated carbocycles. The lowest BCUT2D eigenvalue weighted by molar-refractivity contribution is 0.656. The van der Waals surface area contributed by atoms with E-state index >= 15 is 0 Å². The first-order chi connectivity index (χ1) is 40.6. The second kappa shape index (κ2) is 16.2. The zero-order valence-electron chi connectivity index (χ0n) is 43.4. The van der Waals surface area contributed by atoms with E-state index in [-0.39, 0.29) is 0 Å². The van der Waals surface area contributed by atoms with Gasteiger partial charge in [-0.1, -0.05) is 109 Å². The summed E-state index contributed by atoms with van der Waals surface area (Å²) in [4.78, 5) is 4.58. The van der Waals surface area contributed by atoms with E-state index in [1.165, 1.54) is 0 Å². The van der Waals surface area contributed by atoms with Crippen LogP contribution in [0.3, 0.4) is 0 Å². The number of rotatable bonds is 6. The molecule has 0 saturated heterocycles. The number of hydrogen-bond donors (Lipinski definition) is 0. The van der Waals surface area contributed by atoms with Gasteiger partial charge in [0.25, 0.3) is 0 Å². The van der Waals surface area contributed by atoms with Gasteiger partial charge in [0.2, 0.25) is 0 Å². The van der Waals surface area contributed by atoms with Gasteiger partial charge in [0.05, 0.1) is 11.4 Å². The van der Waals surface area contributed by atoms with Crippen LogP contribution in [0, 0.1) is 0 Å². The van der Waals surface area contributed by atoms with Gasteiger partial charge in [-0.2, -0.15) is 0 Å². The zero-order chi connectivity index (χ0) is 53.3. The molecule has 0 unspecified atom stereocenters. The molecule has 0 bridgehead atoms. The fraction of sp³-hybridized carbons (Fsp3) is 0. The van der Waals surface area contributed by atoms with Crippen LogP contribution in [0.1, 0.15) is 0 Å². The Morgan fingerprint density at radius 3 is 0.976 bits per heavy atom. The van der Waals surface area contributed by atoms with Crippen molar-refractivity contribution in [2.45, 2.75) is 0 Å². The zero-order valence-corrected chi connectivity index (χ0v) is 43.4. The Bertz CT molecular complexity index is 5580. The summed E-state index contributed by atoms with van der Waals surface area (Å²) in [7, 11) is 0. The number of anilines is 6. The molecule has 6 heterocycles. The van der Waals surface area contributed by atoms with Crippen LogP contribution in [-0.4, -0.2) is 0 Å². The third-order valence-electron chi connectivity index (χ3n) is 16.9. The lowest BCUT2D eigenvalue weighted by Gasteiger charge is -2.26. The Labute approximate surface area is 463 Å². The van der Waals surface area contributed by atoms with E-state index in [1.807, 2.05) is 54.6 Å². The molecular weight excluding hydrogens is 1010 g/mol. The van der Waals surface area contributed by atoms with E-state index in [4.69, 9.17) is 26.5 Å². The summed E-state index contributed by atoms with van der Waals surface area (Å²) in [6.07, 6.45) is 0. The summed E-state index contributed by atoms with van der Waals surface area (Å²) >= 11 is 0. The van der Waals surface area contributed by atoms with Crippen LogP contribution in [-0.2, 0) is 0 Å². The molecule has 82 heavy (non-hydrogen) atoms. The quantitative estimate of drug-likeness (QED) is 0.163. The molecule has 382 valence electrons. The van der Waals surface area contributed by atoms with Crippen molar-refractivity contribution in [1.82, 2.24) is 0 Å². The molecule has 0 aliphatic carbocycles. The molecule has 0 spiro atoms. The molecule has 0 aliphatic heterocycles. The Morgan fingerprint density at radius 1 is 0.183 bits per heavy atom. The Kier molecular flexibility index (Phi) is 8.63. The fourth-order valence-corrected chi connectivity index (χ4v) is 13.2. The smallest absolute Gasteiger partial charge is 0.159 e. The number of para-hydroxylation sites is 6. The normalized spacial score (nSPS) is 12.4. The first-order valence-electron chi connectivity index (χ1n) is 27.5. The highest BCUT2D eigenvalue weighted by Gasteiger charge is 2.25. The van der Waals surface area contributed by atoms with Crippen LogP contribution in [0.4, 0.5) is 34.1 Å². The van der Waals surface area contributed by atoms with Crippen molar-refractivity contribution in [3.63, 3.8) is 0 Å². The van der Waals surface area contributed by atoms with Gasteiger partial charge in [-0.25, -0.2) is 0 Å². The first kappa shape index (κ1) is 43.7. The van der Waals surface area contributed by atoms with Gasteiger partial charge in [-0.15, -0.1) is 0 Å². The monoisotopic (exact) mass is 1050 g/mol. The molecular formula is C74H40N2O6. The van der Waals surface area contributed by atoms with Gasteiger partial charge in [0, 0.05) is 93.5 Å². The predicted molar refractivity (Wildman–Crippen MR) is 334 cm³/mol. The minimum atomic E-state index is 0.764. The van der Waals surface area contributed by atoms with E-state index in [1.54, 1.807) is 0 Å². The number of nitrogens with zero attached hydrogens (tertiary/aromatic N) is 2. The second-order valence-corrected chi connectivity index (χ2v) is 21.5. The summed E-state index contributed by atoms with van der Waals surface area (Å²) in [6.45, 7) is 0. The molecule has 8 heteroatoms. The SMILES string of the molecule is c1ccc2c(c1)oc1ccc(N(c3ccc4cc5c(cc4c3)oc3cc4oc6cc7cc(N(c8ccc9oc%10ccccc%10c9c8)c8cccc9c8oc8ccccc89)ccc7cc6c4cc35)c3cccc4c3oc3ccccc34)cc12. The number of fused-ring (bicyclic) bond motifs is 20. The van der Waals surface area contributed by atoms with Gasteiger partial charge in [0.15, 0.2) is 11.2 Å². The minimum Gasteiger partial charge on any atom is -0.456 e. The third-order valence-corrected chi connectivity index (χ3v) is 16.9. The number of benzene rings is 13. The van der Waals surface area contributed by atoms with E-state index in [0.29, 0.717) is 0 Å². The molecule has 19 aromatic rings. The maximum Gasteiger partial charge on any atom is 0.159 e. The van der Waals surface area contributed by atoms with E-state index in [0.717, 1.165) is 187 Å². The van der Waals surface area contributed by atoms with Gasteiger partial charge in [-0.3, -0.25) is 0 Å². The molecule has 0 aliphatic rings. The van der Waals surface area contributed by atoms with Gasteiger partial charge in [0.1, 0.15) is 55.8 Å². The van der Waals surface area contributed by atoms with Crippen LogP contribution >= 0.6 is 0 Å². The maximum atomic E-state index is 6.79. The van der Waals surface area contributed by atoms with Crippen LogP contribution in [0.25, 0.3) is 153 Å². The molecule has 19 rings (SSSR count). The fourth-order valence-electron chi connectivity index (χ4n) is 13.2. The molecule has 0 N–H and O–H groups in total. The lowest BCUT2D eigenvalue weighted by atomic mass is 10.0. The first-order valence-corrected chi connectivity index (χ1v) is 27.5. The van der Waals surface area contributed by atoms with E-state index in [2.05, 4.69) is 198 Å². The highest BCUT2D eigenvalue weighted by Crippen LogP contribution is 2.48. The topological polar surface area (TPSA) is 85.3 Å².